The van der Waals surface area contributed by atoms with Crippen molar-refractivity contribution in [3.05, 3.63) is 36.0 Å². The highest BCUT2D eigenvalue weighted by Gasteiger charge is 2.06. The van der Waals surface area contributed by atoms with E-state index in [0.717, 1.165) is 5.56 Å². The monoisotopic (exact) mass is 228 g/mol. The third kappa shape index (κ3) is 2.55. The van der Waals surface area contributed by atoms with E-state index >= 15 is 0 Å². The van der Waals surface area contributed by atoms with Crippen LogP contribution in [0.3, 0.4) is 0 Å². The van der Waals surface area contributed by atoms with Gasteiger partial charge in [-0.15, -0.1) is 5.10 Å². The van der Waals surface area contributed by atoms with Gasteiger partial charge in [0.15, 0.2) is 0 Å². The van der Waals surface area contributed by atoms with E-state index in [4.69, 9.17) is 15.7 Å². The molecule has 2 rings (SSSR count). The second kappa shape index (κ2) is 4.58. The predicted molar refractivity (Wildman–Crippen MR) is 63.5 cm³/mol. The van der Waals surface area contributed by atoms with Gasteiger partial charge in [0.25, 0.3) is 5.88 Å². The SMILES string of the molecule is Cn1cc(N)c(Oc2ccc(CC#N)cc2)n1. The largest absolute Gasteiger partial charge is 0.436 e. The molecule has 0 spiro atoms. The number of hydrogen-bond acceptors (Lipinski definition) is 4. The van der Waals surface area contributed by atoms with Crippen LogP contribution in [0.4, 0.5) is 5.69 Å². The van der Waals surface area contributed by atoms with Gasteiger partial charge >= 0.3 is 0 Å². The first kappa shape index (κ1) is 11.0. The van der Waals surface area contributed by atoms with Crippen LogP contribution in [0.2, 0.25) is 0 Å². The third-order valence-corrected chi connectivity index (χ3v) is 2.24. The summed E-state index contributed by atoms with van der Waals surface area (Å²) in [6.45, 7) is 0. The smallest absolute Gasteiger partial charge is 0.261 e. The van der Waals surface area contributed by atoms with Crippen molar-refractivity contribution in [1.29, 1.82) is 5.26 Å². The molecule has 0 aliphatic carbocycles. The van der Waals surface area contributed by atoms with E-state index in [-0.39, 0.29) is 0 Å². The van der Waals surface area contributed by atoms with Crippen molar-refractivity contribution in [2.75, 3.05) is 5.73 Å². The summed E-state index contributed by atoms with van der Waals surface area (Å²) < 4.78 is 7.12. The molecule has 0 unspecified atom stereocenters. The van der Waals surface area contributed by atoms with Crippen molar-refractivity contribution in [2.45, 2.75) is 6.42 Å². The number of benzene rings is 1. The van der Waals surface area contributed by atoms with Crippen LogP contribution in [0.1, 0.15) is 5.56 Å². The Kier molecular flexibility index (Phi) is 2.97. The molecule has 2 N–H and O–H groups in total. The van der Waals surface area contributed by atoms with Crippen LogP contribution in [0.5, 0.6) is 11.6 Å². The Morgan fingerprint density at radius 2 is 2.12 bits per heavy atom. The molecule has 2 aromatic rings. The Hall–Kier alpha value is -2.48. The van der Waals surface area contributed by atoms with Crippen molar-refractivity contribution in [2.24, 2.45) is 7.05 Å². The molecule has 1 aromatic carbocycles. The van der Waals surface area contributed by atoms with E-state index in [1.165, 1.54) is 0 Å². The zero-order chi connectivity index (χ0) is 12.3. The van der Waals surface area contributed by atoms with Crippen LogP contribution in [0.25, 0.3) is 0 Å². The molecule has 0 saturated heterocycles. The number of hydrogen-bond donors (Lipinski definition) is 1. The summed E-state index contributed by atoms with van der Waals surface area (Å²) in [5, 5.41) is 12.6. The van der Waals surface area contributed by atoms with Gasteiger partial charge < -0.3 is 10.5 Å². The molecule has 86 valence electrons. The lowest BCUT2D eigenvalue weighted by Gasteiger charge is -2.03. The van der Waals surface area contributed by atoms with Gasteiger partial charge in [0.05, 0.1) is 18.7 Å². The van der Waals surface area contributed by atoms with Gasteiger partial charge in [0.2, 0.25) is 0 Å². The van der Waals surface area contributed by atoms with Gasteiger partial charge in [-0.25, -0.2) is 0 Å². The highest BCUT2D eigenvalue weighted by molar-refractivity contribution is 5.48. The number of rotatable bonds is 3. The van der Waals surface area contributed by atoms with E-state index in [0.29, 0.717) is 23.7 Å². The highest BCUT2D eigenvalue weighted by atomic mass is 16.5. The lowest BCUT2D eigenvalue weighted by Crippen LogP contribution is -1.91. The Bertz CT molecular complexity index is 551. The molecular weight excluding hydrogens is 216 g/mol. The second-order valence-corrected chi connectivity index (χ2v) is 3.64. The van der Waals surface area contributed by atoms with Crippen molar-refractivity contribution in [3.8, 4) is 17.7 Å². The summed E-state index contributed by atoms with van der Waals surface area (Å²) >= 11 is 0. The van der Waals surface area contributed by atoms with Gasteiger partial charge in [0, 0.05) is 7.05 Å². The maximum Gasteiger partial charge on any atom is 0.261 e. The molecule has 0 aliphatic rings. The first-order chi connectivity index (χ1) is 8.19. The predicted octanol–water partition coefficient (Wildman–Crippen LogP) is 1.86. The number of nitriles is 1. The molecule has 1 heterocycles. The van der Waals surface area contributed by atoms with Crippen molar-refractivity contribution in [3.63, 3.8) is 0 Å². The number of aromatic nitrogens is 2. The number of aryl methyl sites for hydroxylation is 1. The summed E-state index contributed by atoms with van der Waals surface area (Å²) in [7, 11) is 1.78. The molecule has 0 atom stereocenters. The van der Waals surface area contributed by atoms with Crippen LogP contribution in [-0.2, 0) is 13.5 Å². The molecule has 0 saturated carbocycles. The summed E-state index contributed by atoms with van der Waals surface area (Å²) in [6, 6.07) is 9.36. The van der Waals surface area contributed by atoms with Crippen LogP contribution in [0, 0.1) is 11.3 Å². The first-order valence-electron chi connectivity index (χ1n) is 5.12. The topological polar surface area (TPSA) is 76.9 Å². The maximum absolute atomic E-state index is 8.55. The van der Waals surface area contributed by atoms with Gasteiger partial charge in [-0.05, 0) is 17.7 Å². The first-order valence-corrected chi connectivity index (χ1v) is 5.12. The standard InChI is InChI=1S/C12H12N4O/c1-16-8-11(14)12(15-16)17-10-4-2-9(3-5-10)6-7-13/h2-5,8H,6,14H2,1H3. The molecule has 5 nitrogen and oxygen atoms in total. The van der Waals surface area contributed by atoms with Crippen LogP contribution < -0.4 is 10.5 Å². The number of anilines is 1. The van der Waals surface area contributed by atoms with Crippen LogP contribution in [-0.4, -0.2) is 9.78 Å². The molecule has 1 aromatic heterocycles. The zero-order valence-corrected chi connectivity index (χ0v) is 9.42. The van der Waals surface area contributed by atoms with E-state index in [1.807, 2.05) is 12.1 Å². The molecule has 0 bridgehead atoms. The number of nitrogens with two attached hydrogens (primary N) is 1. The minimum absolute atomic E-state index is 0.389. The summed E-state index contributed by atoms with van der Waals surface area (Å²) in [5.74, 6) is 1.04. The Morgan fingerprint density at radius 1 is 1.41 bits per heavy atom. The zero-order valence-electron chi connectivity index (χ0n) is 9.42. The quantitative estimate of drug-likeness (QED) is 0.869. The molecule has 0 radical (unpaired) electrons. The fraction of sp³-hybridized carbons (Fsp3) is 0.167. The van der Waals surface area contributed by atoms with Crippen molar-refractivity contribution in [1.82, 2.24) is 9.78 Å². The maximum atomic E-state index is 8.55. The van der Waals surface area contributed by atoms with Gasteiger partial charge in [-0.1, -0.05) is 12.1 Å². The lowest BCUT2D eigenvalue weighted by molar-refractivity contribution is 0.456. The van der Waals surface area contributed by atoms with Crippen LogP contribution in [0.15, 0.2) is 30.5 Å². The van der Waals surface area contributed by atoms with E-state index < -0.39 is 0 Å². The summed E-state index contributed by atoms with van der Waals surface area (Å²) in [5.41, 5.74) is 7.16. The van der Waals surface area contributed by atoms with Crippen LogP contribution >= 0.6 is 0 Å². The molecule has 0 fully saturated rings. The molecule has 5 heteroatoms. The van der Waals surface area contributed by atoms with Gasteiger partial charge in [-0.2, -0.15) is 5.26 Å². The minimum atomic E-state index is 0.389. The number of ether oxygens (including phenoxy) is 1. The molecule has 0 aliphatic heterocycles. The fourth-order valence-corrected chi connectivity index (χ4v) is 1.44. The fourth-order valence-electron chi connectivity index (χ4n) is 1.44. The Balaban J connectivity index is 2.14. The average Bonchev–Trinajstić information content (AvgIpc) is 2.61. The third-order valence-electron chi connectivity index (χ3n) is 2.24. The lowest BCUT2D eigenvalue weighted by atomic mass is 10.2. The van der Waals surface area contributed by atoms with E-state index in [1.54, 1.807) is 30.1 Å². The van der Waals surface area contributed by atoms with Gasteiger partial charge in [0.1, 0.15) is 11.4 Å². The number of nitrogen functional groups attached to an aromatic ring is 1. The molecule has 0 amide bonds. The Morgan fingerprint density at radius 3 is 2.65 bits per heavy atom. The van der Waals surface area contributed by atoms with Crippen molar-refractivity contribution >= 4 is 5.69 Å². The highest BCUT2D eigenvalue weighted by Crippen LogP contribution is 2.25. The van der Waals surface area contributed by atoms with Gasteiger partial charge in [-0.3, -0.25) is 4.68 Å². The average molecular weight is 228 g/mol. The number of nitrogens with zero attached hydrogens (tertiary/aromatic N) is 3. The molecular formula is C12H12N4O. The van der Waals surface area contributed by atoms with E-state index in [2.05, 4.69) is 11.2 Å². The van der Waals surface area contributed by atoms with E-state index in [9.17, 15) is 0 Å². The summed E-state index contributed by atoms with van der Waals surface area (Å²) in [6.07, 6.45) is 2.07. The normalized spacial score (nSPS) is 9.88. The molecule has 17 heavy (non-hydrogen) atoms. The van der Waals surface area contributed by atoms with Crippen molar-refractivity contribution < 1.29 is 4.74 Å². The minimum Gasteiger partial charge on any atom is -0.436 e. The summed E-state index contributed by atoms with van der Waals surface area (Å²) in [4.78, 5) is 0. The second-order valence-electron chi connectivity index (χ2n) is 3.64. The Labute approximate surface area is 99.0 Å².